The van der Waals surface area contributed by atoms with Crippen molar-refractivity contribution >= 4 is 40.9 Å². The number of methoxy groups -OCH3 is 1. The van der Waals surface area contributed by atoms with Gasteiger partial charge in [-0.25, -0.2) is 14.6 Å². The van der Waals surface area contributed by atoms with Crippen molar-refractivity contribution in [3.63, 3.8) is 0 Å². The fourth-order valence-corrected chi connectivity index (χ4v) is 2.55. The summed E-state index contributed by atoms with van der Waals surface area (Å²) in [6.45, 7) is 0.148. The highest BCUT2D eigenvalue weighted by Crippen LogP contribution is 2.30. The first kappa shape index (κ1) is 17.6. The SMILES string of the molecule is COC(=O)c1coc(CN(C(=O)Nc2ccc(Cl)c(Cl)c2)C2CC2)n1. The summed E-state index contributed by atoms with van der Waals surface area (Å²) in [7, 11) is 1.26. The first-order chi connectivity index (χ1) is 12.0. The number of rotatable bonds is 5. The van der Waals surface area contributed by atoms with Crippen LogP contribution in [0.3, 0.4) is 0 Å². The van der Waals surface area contributed by atoms with E-state index in [9.17, 15) is 9.59 Å². The largest absolute Gasteiger partial charge is 0.464 e. The molecular formula is C16H15Cl2N3O4. The Morgan fingerprint density at radius 3 is 2.76 bits per heavy atom. The monoisotopic (exact) mass is 383 g/mol. The molecule has 1 fully saturated rings. The second-order valence-electron chi connectivity index (χ2n) is 5.54. The highest BCUT2D eigenvalue weighted by Gasteiger charge is 2.34. The summed E-state index contributed by atoms with van der Waals surface area (Å²) in [5, 5.41) is 3.54. The lowest BCUT2D eigenvalue weighted by Crippen LogP contribution is -2.36. The third kappa shape index (κ3) is 4.24. The van der Waals surface area contributed by atoms with Crippen LogP contribution in [0.15, 0.2) is 28.9 Å². The molecule has 25 heavy (non-hydrogen) atoms. The fraction of sp³-hybridized carbons (Fsp3) is 0.312. The van der Waals surface area contributed by atoms with Crippen molar-refractivity contribution in [3.05, 3.63) is 46.1 Å². The molecule has 1 saturated carbocycles. The van der Waals surface area contributed by atoms with Crippen LogP contribution in [0.2, 0.25) is 10.0 Å². The molecule has 0 aliphatic heterocycles. The summed E-state index contributed by atoms with van der Waals surface area (Å²) < 4.78 is 9.84. The molecule has 0 spiro atoms. The molecule has 1 aliphatic carbocycles. The average Bonchev–Trinajstić information content (AvgIpc) is 3.33. The summed E-state index contributed by atoms with van der Waals surface area (Å²) in [5.74, 6) is -0.329. The minimum Gasteiger partial charge on any atom is -0.464 e. The van der Waals surface area contributed by atoms with Crippen LogP contribution in [-0.2, 0) is 11.3 Å². The number of ether oxygens (including phenoxy) is 1. The number of urea groups is 1. The van der Waals surface area contributed by atoms with E-state index in [4.69, 9.17) is 27.6 Å². The summed E-state index contributed by atoms with van der Waals surface area (Å²) in [6, 6.07) is 4.65. The zero-order chi connectivity index (χ0) is 18.0. The van der Waals surface area contributed by atoms with E-state index in [0.29, 0.717) is 15.7 Å². The molecule has 9 heteroatoms. The minimum absolute atomic E-state index is 0.0677. The van der Waals surface area contributed by atoms with Crippen LogP contribution in [0.4, 0.5) is 10.5 Å². The third-order valence-electron chi connectivity index (χ3n) is 3.67. The first-order valence-corrected chi connectivity index (χ1v) is 8.29. The predicted molar refractivity (Wildman–Crippen MR) is 91.9 cm³/mol. The maximum Gasteiger partial charge on any atom is 0.360 e. The van der Waals surface area contributed by atoms with Crippen LogP contribution in [0, 0.1) is 0 Å². The van der Waals surface area contributed by atoms with Gasteiger partial charge in [-0.1, -0.05) is 23.2 Å². The molecule has 2 aromatic rings. The molecule has 1 N–H and O–H groups in total. The van der Waals surface area contributed by atoms with Gasteiger partial charge >= 0.3 is 12.0 Å². The van der Waals surface area contributed by atoms with Crippen LogP contribution in [-0.4, -0.2) is 35.0 Å². The lowest BCUT2D eigenvalue weighted by atomic mass is 10.3. The van der Waals surface area contributed by atoms with Crippen molar-refractivity contribution in [2.45, 2.75) is 25.4 Å². The Morgan fingerprint density at radius 2 is 2.12 bits per heavy atom. The Kier molecular flexibility index (Phi) is 5.15. The van der Waals surface area contributed by atoms with Crippen molar-refractivity contribution in [1.82, 2.24) is 9.88 Å². The molecule has 1 heterocycles. The maximum absolute atomic E-state index is 12.6. The lowest BCUT2D eigenvalue weighted by Gasteiger charge is -2.21. The standard InChI is InChI=1S/C16H15Cl2N3O4/c1-24-15(22)13-8-25-14(20-13)7-21(10-3-4-10)16(23)19-9-2-5-11(17)12(18)6-9/h2,5-6,8,10H,3-4,7H2,1H3,(H,19,23). The number of anilines is 1. The number of aromatic nitrogens is 1. The molecule has 132 valence electrons. The summed E-state index contributed by atoms with van der Waals surface area (Å²) >= 11 is 11.8. The van der Waals surface area contributed by atoms with E-state index in [1.165, 1.54) is 13.4 Å². The number of esters is 1. The fourth-order valence-electron chi connectivity index (χ4n) is 2.25. The number of carbonyl (C=O) groups excluding carboxylic acids is 2. The number of amides is 2. The third-order valence-corrected chi connectivity index (χ3v) is 4.41. The Morgan fingerprint density at radius 1 is 1.36 bits per heavy atom. The molecule has 3 rings (SSSR count). The number of benzene rings is 1. The van der Waals surface area contributed by atoms with Gasteiger partial charge in [0.2, 0.25) is 5.89 Å². The molecular weight excluding hydrogens is 369 g/mol. The predicted octanol–water partition coefficient (Wildman–Crippen LogP) is 3.96. The molecule has 0 radical (unpaired) electrons. The van der Waals surface area contributed by atoms with Crippen LogP contribution in [0.1, 0.15) is 29.2 Å². The quantitative estimate of drug-likeness (QED) is 0.789. The van der Waals surface area contributed by atoms with Gasteiger partial charge in [-0.15, -0.1) is 0 Å². The number of nitrogens with zero attached hydrogens (tertiary/aromatic N) is 2. The van der Waals surface area contributed by atoms with E-state index < -0.39 is 5.97 Å². The first-order valence-electron chi connectivity index (χ1n) is 7.53. The Balaban J connectivity index is 1.70. The Labute approximate surface area is 153 Å². The van der Waals surface area contributed by atoms with Gasteiger partial charge in [0.25, 0.3) is 0 Å². The highest BCUT2D eigenvalue weighted by molar-refractivity contribution is 6.42. The second kappa shape index (κ2) is 7.33. The highest BCUT2D eigenvalue weighted by atomic mass is 35.5. The van der Waals surface area contributed by atoms with Gasteiger partial charge in [-0.3, -0.25) is 0 Å². The number of nitrogens with one attached hydrogen (secondary N) is 1. The van der Waals surface area contributed by atoms with Gasteiger partial charge < -0.3 is 19.4 Å². The number of halogens is 2. The molecule has 0 saturated heterocycles. The van der Waals surface area contributed by atoms with Gasteiger partial charge in [0.05, 0.1) is 23.7 Å². The van der Waals surface area contributed by atoms with Crippen LogP contribution in [0.25, 0.3) is 0 Å². The van der Waals surface area contributed by atoms with Crippen molar-refractivity contribution in [3.8, 4) is 0 Å². The van der Waals surface area contributed by atoms with E-state index >= 15 is 0 Å². The minimum atomic E-state index is -0.590. The van der Waals surface area contributed by atoms with Gasteiger partial charge in [0, 0.05) is 11.7 Å². The van der Waals surface area contributed by atoms with E-state index in [1.54, 1.807) is 23.1 Å². The van der Waals surface area contributed by atoms with Crippen molar-refractivity contribution in [2.24, 2.45) is 0 Å². The summed E-state index contributed by atoms with van der Waals surface area (Å²) in [4.78, 5) is 29.7. The second-order valence-corrected chi connectivity index (χ2v) is 6.35. The number of oxazole rings is 1. The van der Waals surface area contributed by atoms with E-state index in [0.717, 1.165) is 12.8 Å². The van der Waals surface area contributed by atoms with Crippen molar-refractivity contribution < 1.29 is 18.7 Å². The number of hydrogen-bond donors (Lipinski definition) is 1. The molecule has 1 aromatic heterocycles. The number of hydrogen-bond acceptors (Lipinski definition) is 5. The van der Waals surface area contributed by atoms with E-state index in [-0.39, 0.29) is 30.2 Å². The van der Waals surface area contributed by atoms with E-state index in [1.807, 2.05) is 0 Å². The molecule has 0 unspecified atom stereocenters. The lowest BCUT2D eigenvalue weighted by molar-refractivity contribution is 0.0594. The van der Waals surface area contributed by atoms with Crippen LogP contribution < -0.4 is 5.32 Å². The summed E-state index contributed by atoms with van der Waals surface area (Å²) in [6.07, 6.45) is 3.02. The molecule has 1 aromatic carbocycles. The topological polar surface area (TPSA) is 84.7 Å². The molecule has 2 amide bonds. The van der Waals surface area contributed by atoms with E-state index in [2.05, 4.69) is 15.0 Å². The molecule has 7 nitrogen and oxygen atoms in total. The smallest absolute Gasteiger partial charge is 0.360 e. The molecule has 1 aliphatic rings. The Hall–Kier alpha value is -2.25. The van der Waals surface area contributed by atoms with Gasteiger partial charge in [0.1, 0.15) is 6.26 Å². The van der Waals surface area contributed by atoms with Crippen LogP contribution >= 0.6 is 23.2 Å². The summed E-state index contributed by atoms with van der Waals surface area (Å²) in [5.41, 5.74) is 0.603. The number of carbonyl (C=O) groups is 2. The van der Waals surface area contributed by atoms with Gasteiger partial charge in [-0.2, -0.15) is 0 Å². The maximum atomic E-state index is 12.6. The molecule has 0 atom stereocenters. The average molecular weight is 384 g/mol. The zero-order valence-corrected chi connectivity index (χ0v) is 14.8. The van der Waals surface area contributed by atoms with Crippen molar-refractivity contribution in [2.75, 3.05) is 12.4 Å². The van der Waals surface area contributed by atoms with Gasteiger partial charge in [-0.05, 0) is 31.0 Å². The van der Waals surface area contributed by atoms with Gasteiger partial charge in [0.15, 0.2) is 5.69 Å². The molecule has 0 bridgehead atoms. The zero-order valence-electron chi connectivity index (χ0n) is 13.3. The normalized spacial score (nSPS) is 13.4. The van der Waals surface area contributed by atoms with Crippen molar-refractivity contribution in [1.29, 1.82) is 0 Å². The Bertz CT molecular complexity index is 804. The van der Waals surface area contributed by atoms with Crippen LogP contribution in [0.5, 0.6) is 0 Å².